The van der Waals surface area contributed by atoms with Crippen LogP contribution >= 0.6 is 0 Å². The number of aromatic nitrogens is 3. The molecule has 262 valence electrons. The molecule has 1 heterocycles. The van der Waals surface area contributed by atoms with E-state index in [4.69, 9.17) is 19.7 Å². The van der Waals surface area contributed by atoms with Gasteiger partial charge in [-0.3, -0.25) is 0 Å². The number of hydrogen-bond donors (Lipinski definition) is 0. The summed E-state index contributed by atoms with van der Waals surface area (Å²) in [6, 6.07) is 38.9. The fourth-order valence-corrected chi connectivity index (χ4v) is 9.51. The average Bonchev–Trinajstić information content (AvgIpc) is 3.61. The van der Waals surface area contributed by atoms with E-state index in [0.29, 0.717) is 23.0 Å². The second-order valence-corrected chi connectivity index (χ2v) is 15.7. The van der Waals surface area contributed by atoms with Crippen molar-refractivity contribution in [2.75, 3.05) is 0 Å². The molecule has 1 fully saturated rings. The molecule has 0 aliphatic heterocycles. The van der Waals surface area contributed by atoms with Crippen molar-refractivity contribution in [2.45, 2.75) is 69.6 Å². The maximum atomic E-state index is 9.67. The number of nitrogens with zero attached hydrogens (tertiary/aromatic N) is 4. The van der Waals surface area contributed by atoms with E-state index in [1.54, 1.807) is 0 Å². The molecule has 0 atom stereocenters. The van der Waals surface area contributed by atoms with E-state index in [2.05, 4.69) is 105 Å². The molecular formula is C49H40N4O. The van der Waals surface area contributed by atoms with Gasteiger partial charge in [0, 0.05) is 33.9 Å². The van der Waals surface area contributed by atoms with E-state index >= 15 is 0 Å². The van der Waals surface area contributed by atoms with Crippen molar-refractivity contribution in [2.24, 2.45) is 0 Å². The van der Waals surface area contributed by atoms with Crippen LogP contribution in [-0.2, 0) is 10.8 Å². The molecule has 1 spiro atoms. The van der Waals surface area contributed by atoms with Crippen molar-refractivity contribution in [3.63, 3.8) is 0 Å². The lowest BCUT2D eigenvalue weighted by molar-refractivity contribution is 0.353. The van der Waals surface area contributed by atoms with Crippen LogP contribution < -0.4 is 4.74 Å². The van der Waals surface area contributed by atoms with Gasteiger partial charge in [0.05, 0.1) is 11.6 Å². The van der Waals surface area contributed by atoms with Crippen molar-refractivity contribution < 1.29 is 4.74 Å². The first-order valence-electron chi connectivity index (χ1n) is 19.3. The number of benzene rings is 5. The van der Waals surface area contributed by atoms with E-state index in [-0.39, 0.29) is 10.8 Å². The van der Waals surface area contributed by atoms with Crippen LogP contribution in [0.25, 0.3) is 56.4 Å². The average molecular weight is 701 g/mol. The molecule has 0 saturated heterocycles. The SMILES string of the molecule is CC1(C)c2cc(C#N)ccc2-c2ccc(-c3nc(-c4cccc(OC5=CC=CCC5)c4)nc(-c4ccc5c(c4)C4(CCCCC4)c4ccccc4-5)n3)cc21. The van der Waals surface area contributed by atoms with Crippen LogP contribution in [-0.4, -0.2) is 15.0 Å². The van der Waals surface area contributed by atoms with Crippen LogP contribution in [0.3, 0.4) is 0 Å². The number of hydrogen-bond acceptors (Lipinski definition) is 5. The molecule has 10 rings (SSSR count). The van der Waals surface area contributed by atoms with Crippen LogP contribution in [0.2, 0.25) is 0 Å². The summed E-state index contributed by atoms with van der Waals surface area (Å²) >= 11 is 0. The summed E-state index contributed by atoms with van der Waals surface area (Å²) in [7, 11) is 0. The van der Waals surface area contributed by atoms with Crippen molar-refractivity contribution >= 4 is 0 Å². The topological polar surface area (TPSA) is 71.7 Å². The lowest BCUT2D eigenvalue weighted by atomic mass is 9.67. The van der Waals surface area contributed by atoms with Gasteiger partial charge in [0.2, 0.25) is 0 Å². The summed E-state index contributed by atoms with van der Waals surface area (Å²) in [5, 5.41) is 9.67. The van der Waals surface area contributed by atoms with Crippen molar-refractivity contribution in [3.8, 4) is 68.2 Å². The minimum absolute atomic E-state index is 0.0273. The molecule has 5 heteroatoms. The third-order valence-electron chi connectivity index (χ3n) is 12.2. The van der Waals surface area contributed by atoms with Gasteiger partial charge in [-0.25, -0.2) is 15.0 Å². The van der Waals surface area contributed by atoms with E-state index in [0.717, 1.165) is 53.9 Å². The molecule has 4 aliphatic rings. The number of rotatable bonds is 5. The summed E-state index contributed by atoms with van der Waals surface area (Å²) in [6.45, 7) is 4.47. The highest BCUT2D eigenvalue weighted by Crippen LogP contribution is 2.56. The minimum atomic E-state index is -0.288. The van der Waals surface area contributed by atoms with Crippen molar-refractivity contribution in [1.29, 1.82) is 5.26 Å². The monoisotopic (exact) mass is 700 g/mol. The molecule has 5 nitrogen and oxygen atoms in total. The molecule has 0 N–H and O–H groups in total. The Balaban J connectivity index is 1.12. The van der Waals surface area contributed by atoms with Crippen LogP contribution in [0.15, 0.2) is 127 Å². The van der Waals surface area contributed by atoms with Gasteiger partial charge in [-0.1, -0.05) is 112 Å². The molecule has 4 aliphatic carbocycles. The quantitative estimate of drug-likeness (QED) is 0.179. The molecule has 6 aromatic rings. The van der Waals surface area contributed by atoms with E-state index in [1.165, 1.54) is 63.8 Å². The summed E-state index contributed by atoms with van der Waals surface area (Å²) < 4.78 is 6.33. The van der Waals surface area contributed by atoms with Gasteiger partial charge in [-0.15, -0.1) is 0 Å². The predicted octanol–water partition coefficient (Wildman–Crippen LogP) is 11.9. The molecule has 5 aromatic carbocycles. The summed E-state index contributed by atoms with van der Waals surface area (Å²) in [6.07, 6.45) is 14.2. The Hall–Kier alpha value is -6.12. The number of fused-ring (bicyclic) bond motifs is 8. The van der Waals surface area contributed by atoms with Gasteiger partial charge in [0.15, 0.2) is 17.5 Å². The number of ether oxygens (including phenoxy) is 1. The largest absolute Gasteiger partial charge is 0.462 e. The number of nitriles is 1. The molecule has 1 aromatic heterocycles. The fourth-order valence-electron chi connectivity index (χ4n) is 9.51. The maximum absolute atomic E-state index is 9.67. The third kappa shape index (κ3) is 5.16. The van der Waals surface area contributed by atoms with Gasteiger partial charge >= 0.3 is 0 Å². The predicted molar refractivity (Wildman–Crippen MR) is 215 cm³/mol. The summed E-state index contributed by atoms with van der Waals surface area (Å²) in [4.78, 5) is 15.7. The molecule has 1 saturated carbocycles. The molecule has 54 heavy (non-hydrogen) atoms. The smallest absolute Gasteiger partial charge is 0.164 e. The zero-order chi connectivity index (χ0) is 36.4. The highest BCUT2D eigenvalue weighted by molar-refractivity contribution is 5.85. The van der Waals surface area contributed by atoms with Crippen LogP contribution in [0, 0.1) is 11.3 Å². The Labute approximate surface area is 316 Å². The van der Waals surface area contributed by atoms with Gasteiger partial charge in [-0.05, 0) is 106 Å². The van der Waals surface area contributed by atoms with Crippen LogP contribution in [0.4, 0.5) is 0 Å². The maximum Gasteiger partial charge on any atom is 0.164 e. The first-order chi connectivity index (χ1) is 26.4. The summed E-state index contributed by atoms with van der Waals surface area (Å²) in [5.74, 6) is 3.61. The second-order valence-electron chi connectivity index (χ2n) is 15.7. The van der Waals surface area contributed by atoms with Gasteiger partial charge < -0.3 is 4.74 Å². The van der Waals surface area contributed by atoms with Crippen molar-refractivity contribution in [3.05, 3.63) is 155 Å². The van der Waals surface area contributed by atoms with Gasteiger partial charge in [-0.2, -0.15) is 5.26 Å². The highest BCUT2D eigenvalue weighted by Gasteiger charge is 2.44. The Morgan fingerprint density at radius 1 is 0.611 bits per heavy atom. The fraction of sp³-hybridized carbons (Fsp3) is 0.224. The molecule has 0 radical (unpaired) electrons. The Bertz CT molecular complexity index is 2620. The molecule has 0 unspecified atom stereocenters. The molecule has 0 amide bonds. The Morgan fingerprint density at radius 3 is 1.94 bits per heavy atom. The molecule has 0 bridgehead atoms. The highest BCUT2D eigenvalue weighted by atomic mass is 16.5. The van der Waals surface area contributed by atoms with Crippen LogP contribution in [0.1, 0.15) is 86.6 Å². The third-order valence-corrected chi connectivity index (χ3v) is 12.2. The lowest BCUT2D eigenvalue weighted by Crippen LogP contribution is -2.28. The van der Waals surface area contributed by atoms with E-state index in [9.17, 15) is 5.26 Å². The minimum Gasteiger partial charge on any atom is -0.462 e. The molecular weight excluding hydrogens is 661 g/mol. The lowest BCUT2D eigenvalue weighted by Gasteiger charge is -2.36. The zero-order valence-electron chi connectivity index (χ0n) is 30.7. The zero-order valence-corrected chi connectivity index (χ0v) is 30.7. The van der Waals surface area contributed by atoms with Gasteiger partial charge in [0.25, 0.3) is 0 Å². The van der Waals surface area contributed by atoms with Crippen LogP contribution in [0.5, 0.6) is 5.75 Å². The van der Waals surface area contributed by atoms with Crippen molar-refractivity contribution in [1.82, 2.24) is 15.0 Å². The normalized spacial score (nSPS) is 16.9. The first kappa shape index (κ1) is 32.5. The standard InChI is InChI=1S/C49H40N4O/c1-48(2)42-26-31(30-50)18-21-38(42)39-22-19-33(28-43(39)48)46-51-45(32-12-11-15-36(27-32)54-35-13-5-3-6-14-35)52-47(53-46)34-20-23-40-37-16-7-8-17-41(37)49(44(40)29-34)24-9-4-10-25-49/h3,5,7-8,11-13,15-23,26-29H,4,6,9-10,14,24-25H2,1-2H3. The summed E-state index contributed by atoms with van der Waals surface area (Å²) in [5.41, 5.74) is 13.5. The first-order valence-corrected chi connectivity index (χ1v) is 19.3. The van der Waals surface area contributed by atoms with E-state index in [1.807, 2.05) is 36.4 Å². The Kier molecular flexibility index (Phi) is 7.52. The Morgan fingerprint density at radius 2 is 1.24 bits per heavy atom. The second kappa shape index (κ2) is 12.5. The van der Waals surface area contributed by atoms with E-state index < -0.39 is 0 Å². The van der Waals surface area contributed by atoms with Gasteiger partial charge in [0.1, 0.15) is 11.5 Å². The number of allylic oxidation sites excluding steroid dienone is 4.